The predicted molar refractivity (Wildman–Crippen MR) is 85.7 cm³/mol. The maximum Gasteiger partial charge on any atom is 0.238 e. The Balaban J connectivity index is 1.81. The second-order valence-corrected chi connectivity index (χ2v) is 6.41. The monoisotopic (exact) mass is 310 g/mol. The van der Waals surface area contributed by atoms with E-state index in [2.05, 4.69) is 10.6 Å². The highest BCUT2D eigenvalue weighted by Crippen LogP contribution is 2.36. The number of carbonyl (C=O) groups excluding carboxylic acids is 1. The topological polar surface area (TPSA) is 61.4 Å². The Kier molecular flexibility index (Phi) is 5.62. The third-order valence-corrected chi connectivity index (χ3v) is 4.49. The minimum Gasteiger partial charge on any atom is -0.396 e. The van der Waals surface area contributed by atoms with Crippen LogP contribution in [0.15, 0.2) is 18.2 Å². The van der Waals surface area contributed by atoms with Crippen LogP contribution < -0.4 is 10.6 Å². The summed E-state index contributed by atoms with van der Waals surface area (Å²) in [6.45, 7) is 3.05. The van der Waals surface area contributed by atoms with Crippen molar-refractivity contribution in [3.05, 3.63) is 28.8 Å². The van der Waals surface area contributed by atoms with Gasteiger partial charge in [0.05, 0.1) is 6.54 Å². The van der Waals surface area contributed by atoms with Crippen LogP contribution in [-0.4, -0.2) is 30.7 Å². The van der Waals surface area contributed by atoms with E-state index in [0.717, 1.165) is 36.9 Å². The maximum atomic E-state index is 12.0. The maximum absolute atomic E-state index is 12.0. The molecule has 0 spiro atoms. The Morgan fingerprint density at radius 3 is 2.76 bits per heavy atom. The van der Waals surface area contributed by atoms with Crippen molar-refractivity contribution in [1.29, 1.82) is 0 Å². The molecule has 0 aromatic heterocycles. The molecule has 0 unspecified atom stereocenters. The van der Waals surface area contributed by atoms with Crippen LogP contribution in [0.3, 0.4) is 0 Å². The lowest BCUT2D eigenvalue weighted by atomic mass is 9.87. The molecule has 1 aliphatic carbocycles. The van der Waals surface area contributed by atoms with Gasteiger partial charge < -0.3 is 15.7 Å². The fourth-order valence-electron chi connectivity index (χ4n) is 2.88. The number of aryl methyl sites for hydroxylation is 1. The van der Waals surface area contributed by atoms with Crippen LogP contribution in [0.1, 0.15) is 31.2 Å². The van der Waals surface area contributed by atoms with Gasteiger partial charge in [-0.3, -0.25) is 4.79 Å². The highest BCUT2D eigenvalue weighted by atomic mass is 35.5. The van der Waals surface area contributed by atoms with Gasteiger partial charge in [0.25, 0.3) is 0 Å². The minimum atomic E-state index is -0.0912. The van der Waals surface area contributed by atoms with Gasteiger partial charge in [-0.25, -0.2) is 0 Å². The van der Waals surface area contributed by atoms with Crippen molar-refractivity contribution in [2.45, 2.75) is 32.6 Å². The van der Waals surface area contributed by atoms with Gasteiger partial charge in [-0.15, -0.1) is 0 Å². The number of halogens is 1. The summed E-state index contributed by atoms with van der Waals surface area (Å²) in [4.78, 5) is 12.0. The molecule has 1 aromatic carbocycles. The second-order valence-electron chi connectivity index (χ2n) is 5.98. The van der Waals surface area contributed by atoms with Gasteiger partial charge in [0.1, 0.15) is 0 Å². The number of carbonyl (C=O) groups is 1. The van der Waals surface area contributed by atoms with Gasteiger partial charge in [-0.05, 0) is 37.5 Å². The van der Waals surface area contributed by atoms with Crippen molar-refractivity contribution in [3.63, 3.8) is 0 Å². The smallest absolute Gasteiger partial charge is 0.238 e. The zero-order valence-electron chi connectivity index (χ0n) is 12.4. The number of aliphatic hydroxyl groups is 1. The first-order chi connectivity index (χ1) is 10.0. The zero-order chi connectivity index (χ0) is 15.3. The summed E-state index contributed by atoms with van der Waals surface area (Å²) in [7, 11) is 0. The summed E-state index contributed by atoms with van der Waals surface area (Å²) < 4.78 is 0. The van der Waals surface area contributed by atoms with Crippen LogP contribution in [0, 0.1) is 12.3 Å². The van der Waals surface area contributed by atoms with E-state index < -0.39 is 0 Å². The lowest BCUT2D eigenvalue weighted by molar-refractivity contribution is -0.115. The summed E-state index contributed by atoms with van der Waals surface area (Å²) in [5, 5.41) is 16.2. The average molecular weight is 311 g/mol. The van der Waals surface area contributed by atoms with E-state index in [4.69, 9.17) is 11.6 Å². The normalized spacial score (nSPS) is 16.9. The number of benzene rings is 1. The van der Waals surface area contributed by atoms with E-state index in [1.807, 2.05) is 13.0 Å². The van der Waals surface area contributed by atoms with E-state index >= 15 is 0 Å². The molecule has 3 N–H and O–H groups in total. The van der Waals surface area contributed by atoms with Crippen molar-refractivity contribution in [1.82, 2.24) is 5.32 Å². The van der Waals surface area contributed by atoms with Gasteiger partial charge >= 0.3 is 0 Å². The molecule has 2 rings (SSSR count). The largest absolute Gasteiger partial charge is 0.396 e. The molecule has 0 atom stereocenters. The standard InChI is InChI=1S/C16H23ClN2O2/c1-12-4-5-13(17)8-14(12)19-15(21)9-18-10-16(11-20)6-2-3-7-16/h4-5,8,18,20H,2-3,6-7,9-11H2,1H3,(H,19,21). The van der Waals surface area contributed by atoms with Crippen molar-refractivity contribution < 1.29 is 9.90 Å². The molecule has 1 fully saturated rings. The number of amides is 1. The molecule has 0 aliphatic heterocycles. The molecule has 1 saturated carbocycles. The molecule has 4 nitrogen and oxygen atoms in total. The van der Waals surface area contributed by atoms with Gasteiger partial charge in [0.2, 0.25) is 5.91 Å². The summed E-state index contributed by atoms with van der Waals surface area (Å²) >= 11 is 5.93. The minimum absolute atomic E-state index is 0.0355. The summed E-state index contributed by atoms with van der Waals surface area (Å²) in [6, 6.07) is 5.43. The lowest BCUT2D eigenvalue weighted by Gasteiger charge is -2.26. The molecular weight excluding hydrogens is 288 g/mol. The number of hydrogen-bond acceptors (Lipinski definition) is 3. The van der Waals surface area contributed by atoms with E-state index in [-0.39, 0.29) is 24.5 Å². The summed E-state index contributed by atoms with van der Waals surface area (Å²) in [5.41, 5.74) is 1.69. The van der Waals surface area contributed by atoms with Crippen LogP contribution >= 0.6 is 11.6 Å². The molecule has 1 amide bonds. The van der Waals surface area contributed by atoms with Gasteiger partial charge in [-0.1, -0.05) is 30.5 Å². The first-order valence-electron chi connectivity index (χ1n) is 7.42. The second kappa shape index (κ2) is 7.25. The fraction of sp³-hybridized carbons (Fsp3) is 0.562. The van der Waals surface area contributed by atoms with Gasteiger partial charge in [0, 0.05) is 29.3 Å². The van der Waals surface area contributed by atoms with E-state index in [1.165, 1.54) is 0 Å². The quantitative estimate of drug-likeness (QED) is 0.757. The van der Waals surface area contributed by atoms with Gasteiger partial charge in [0.15, 0.2) is 0 Å². The van der Waals surface area contributed by atoms with Crippen LogP contribution in [-0.2, 0) is 4.79 Å². The lowest BCUT2D eigenvalue weighted by Crippen LogP contribution is -2.38. The Labute approximate surface area is 130 Å². The average Bonchev–Trinajstić information content (AvgIpc) is 2.92. The highest BCUT2D eigenvalue weighted by Gasteiger charge is 2.32. The molecule has 5 heteroatoms. The summed E-state index contributed by atoms with van der Waals surface area (Å²) in [6.07, 6.45) is 4.39. The Morgan fingerprint density at radius 2 is 2.10 bits per heavy atom. The van der Waals surface area contributed by atoms with E-state index in [1.54, 1.807) is 12.1 Å². The molecular formula is C16H23ClN2O2. The number of hydrogen-bond donors (Lipinski definition) is 3. The van der Waals surface area contributed by atoms with Gasteiger partial charge in [-0.2, -0.15) is 0 Å². The van der Waals surface area contributed by atoms with Crippen molar-refractivity contribution in [2.24, 2.45) is 5.41 Å². The SMILES string of the molecule is Cc1ccc(Cl)cc1NC(=O)CNCC1(CO)CCCC1. The molecule has 0 bridgehead atoms. The molecule has 1 aliphatic rings. The molecule has 116 valence electrons. The molecule has 21 heavy (non-hydrogen) atoms. The van der Waals surface area contributed by atoms with Crippen molar-refractivity contribution >= 4 is 23.2 Å². The predicted octanol–water partition coefficient (Wildman–Crippen LogP) is 2.73. The molecule has 0 radical (unpaired) electrons. The molecule has 0 heterocycles. The highest BCUT2D eigenvalue weighted by molar-refractivity contribution is 6.31. The third kappa shape index (κ3) is 4.43. The number of nitrogens with one attached hydrogen (secondary N) is 2. The number of aliphatic hydroxyl groups excluding tert-OH is 1. The Hall–Kier alpha value is -1.10. The first-order valence-corrected chi connectivity index (χ1v) is 7.80. The van der Waals surface area contributed by atoms with Crippen LogP contribution in [0.5, 0.6) is 0 Å². The number of anilines is 1. The zero-order valence-corrected chi connectivity index (χ0v) is 13.2. The molecule has 1 aromatic rings. The number of rotatable bonds is 6. The van der Waals surface area contributed by atoms with Crippen LogP contribution in [0.25, 0.3) is 0 Å². The summed E-state index contributed by atoms with van der Waals surface area (Å²) in [5.74, 6) is -0.0912. The van der Waals surface area contributed by atoms with E-state index in [0.29, 0.717) is 11.6 Å². The Bertz CT molecular complexity index is 499. The first kappa shape index (κ1) is 16.3. The Morgan fingerprint density at radius 1 is 1.38 bits per heavy atom. The van der Waals surface area contributed by atoms with Crippen molar-refractivity contribution in [3.8, 4) is 0 Å². The third-order valence-electron chi connectivity index (χ3n) is 4.26. The van der Waals surface area contributed by atoms with Crippen LogP contribution in [0.2, 0.25) is 5.02 Å². The van der Waals surface area contributed by atoms with Crippen LogP contribution in [0.4, 0.5) is 5.69 Å². The fourth-order valence-corrected chi connectivity index (χ4v) is 3.05. The van der Waals surface area contributed by atoms with E-state index in [9.17, 15) is 9.90 Å². The van der Waals surface area contributed by atoms with Crippen molar-refractivity contribution in [2.75, 3.05) is 25.0 Å². The molecule has 0 saturated heterocycles.